The molecule has 0 atom stereocenters. The SMILES string of the molecule is CC(=O)N1CCc2c(c(-c3cccc4ccncc34)nn2C2CCN(CC3CCN(c4ccc(C(=O)O)nn4)CC3)CC2)C1. The molecule has 11 heteroatoms. The third kappa shape index (κ3) is 5.52. The Labute approximate surface area is 256 Å². The van der Waals surface area contributed by atoms with E-state index in [1.165, 1.54) is 17.3 Å². The topological polar surface area (TPSA) is 121 Å². The van der Waals surface area contributed by atoms with Crippen LogP contribution >= 0.6 is 0 Å². The number of piperidine rings is 2. The lowest BCUT2D eigenvalue weighted by Crippen LogP contribution is -2.42. The predicted molar refractivity (Wildman–Crippen MR) is 166 cm³/mol. The van der Waals surface area contributed by atoms with Gasteiger partial charge in [-0.15, -0.1) is 10.2 Å². The van der Waals surface area contributed by atoms with Crippen molar-refractivity contribution in [2.24, 2.45) is 5.92 Å². The van der Waals surface area contributed by atoms with Gasteiger partial charge in [-0.3, -0.25) is 14.5 Å². The van der Waals surface area contributed by atoms with Gasteiger partial charge in [0.25, 0.3) is 0 Å². The van der Waals surface area contributed by atoms with Gasteiger partial charge in [-0.1, -0.05) is 18.2 Å². The first-order valence-electron chi connectivity index (χ1n) is 15.7. The standard InChI is InChI=1S/C33H38N8O3/c1-22(42)40-18-12-30-28(21-40)32(26-4-2-3-24-7-13-34-19-27(24)26)37-41(30)25-10-14-38(15-11-25)20-23-8-16-39(17-9-23)31-6-5-29(33(43)44)35-36-31/h2-7,13,19,23,25H,8-12,14-18,20-21H2,1H3,(H,43,44). The number of carbonyl (C=O) groups is 2. The molecule has 7 rings (SSSR count). The van der Waals surface area contributed by atoms with Crippen molar-refractivity contribution in [1.82, 2.24) is 34.8 Å². The number of rotatable bonds is 6. The molecular formula is C33H38N8O3. The molecule has 3 aliphatic heterocycles. The third-order valence-electron chi connectivity index (χ3n) is 9.70. The molecule has 1 N–H and O–H groups in total. The van der Waals surface area contributed by atoms with E-state index >= 15 is 0 Å². The fourth-order valence-corrected chi connectivity index (χ4v) is 7.22. The van der Waals surface area contributed by atoms with E-state index in [9.17, 15) is 9.59 Å². The lowest BCUT2D eigenvalue weighted by atomic mass is 9.94. The molecule has 11 nitrogen and oxygen atoms in total. The zero-order valence-corrected chi connectivity index (χ0v) is 25.1. The lowest BCUT2D eigenvalue weighted by Gasteiger charge is -2.38. The summed E-state index contributed by atoms with van der Waals surface area (Å²) in [7, 11) is 0. The number of likely N-dealkylation sites (tertiary alicyclic amines) is 1. The second-order valence-electron chi connectivity index (χ2n) is 12.4. The molecule has 1 amide bonds. The van der Waals surface area contributed by atoms with E-state index in [2.05, 4.69) is 47.9 Å². The molecule has 4 aromatic rings. The molecule has 0 saturated carbocycles. The minimum absolute atomic E-state index is 0.0252. The second-order valence-corrected chi connectivity index (χ2v) is 12.4. The molecule has 6 heterocycles. The summed E-state index contributed by atoms with van der Waals surface area (Å²) in [4.78, 5) is 34.6. The van der Waals surface area contributed by atoms with E-state index in [4.69, 9.17) is 10.2 Å². The van der Waals surface area contributed by atoms with Crippen molar-refractivity contribution in [3.05, 3.63) is 65.7 Å². The molecule has 0 aliphatic carbocycles. The van der Waals surface area contributed by atoms with E-state index in [0.717, 1.165) is 99.2 Å². The van der Waals surface area contributed by atoms with Crippen LogP contribution < -0.4 is 4.90 Å². The Morgan fingerprint density at radius 2 is 1.77 bits per heavy atom. The van der Waals surface area contributed by atoms with Gasteiger partial charge >= 0.3 is 5.97 Å². The smallest absolute Gasteiger partial charge is 0.356 e. The average molecular weight is 595 g/mol. The van der Waals surface area contributed by atoms with Crippen LogP contribution in [0, 0.1) is 5.92 Å². The highest BCUT2D eigenvalue weighted by Crippen LogP contribution is 2.37. The Morgan fingerprint density at radius 1 is 0.955 bits per heavy atom. The number of carboxylic acids is 1. The Kier molecular flexibility index (Phi) is 7.71. The van der Waals surface area contributed by atoms with Gasteiger partial charge in [0.15, 0.2) is 11.5 Å². The molecule has 0 unspecified atom stereocenters. The number of fused-ring (bicyclic) bond motifs is 2. The van der Waals surface area contributed by atoms with E-state index in [1.807, 2.05) is 23.4 Å². The minimum atomic E-state index is -1.05. The van der Waals surface area contributed by atoms with Gasteiger partial charge < -0.3 is 19.8 Å². The summed E-state index contributed by atoms with van der Waals surface area (Å²) in [5.74, 6) is 0.441. The van der Waals surface area contributed by atoms with Crippen molar-refractivity contribution in [1.29, 1.82) is 0 Å². The monoisotopic (exact) mass is 594 g/mol. The van der Waals surface area contributed by atoms with Gasteiger partial charge in [0.05, 0.1) is 11.7 Å². The zero-order chi connectivity index (χ0) is 30.2. The fourth-order valence-electron chi connectivity index (χ4n) is 7.22. The minimum Gasteiger partial charge on any atom is -0.476 e. The Bertz CT molecular complexity index is 1670. The number of nitrogens with zero attached hydrogens (tertiary/aromatic N) is 8. The average Bonchev–Trinajstić information content (AvgIpc) is 3.44. The van der Waals surface area contributed by atoms with Crippen LogP contribution in [0.4, 0.5) is 5.82 Å². The maximum absolute atomic E-state index is 12.4. The molecule has 2 fully saturated rings. The Balaban J connectivity index is 1.02. The maximum atomic E-state index is 12.4. The first kappa shape index (κ1) is 28.4. The number of aromatic carboxylic acids is 1. The number of benzene rings is 1. The molecule has 0 spiro atoms. The van der Waals surface area contributed by atoms with E-state index in [-0.39, 0.29) is 11.6 Å². The van der Waals surface area contributed by atoms with Crippen LogP contribution in [-0.4, -0.2) is 91.0 Å². The number of anilines is 1. The van der Waals surface area contributed by atoms with Crippen LogP contribution in [0.5, 0.6) is 0 Å². The fraction of sp³-hybridized carbons (Fsp3) is 0.455. The second kappa shape index (κ2) is 12.0. The summed E-state index contributed by atoms with van der Waals surface area (Å²) in [5, 5.41) is 24.6. The number of hydrogen-bond acceptors (Lipinski definition) is 8. The molecule has 228 valence electrons. The van der Waals surface area contributed by atoms with Gasteiger partial charge in [0.2, 0.25) is 5.91 Å². The number of aromatic nitrogens is 5. The normalized spacial score (nSPS) is 18.5. The predicted octanol–water partition coefficient (Wildman–Crippen LogP) is 4.04. The number of carbonyl (C=O) groups excluding carboxylic acids is 1. The van der Waals surface area contributed by atoms with Crippen LogP contribution in [0.25, 0.3) is 22.0 Å². The van der Waals surface area contributed by atoms with Crippen molar-refractivity contribution in [3.63, 3.8) is 0 Å². The molecule has 0 radical (unpaired) electrons. The maximum Gasteiger partial charge on any atom is 0.356 e. The highest BCUT2D eigenvalue weighted by Gasteiger charge is 2.32. The highest BCUT2D eigenvalue weighted by atomic mass is 16.4. The molecule has 3 aromatic heterocycles. The van der Waals surface area contributed by atoms with Crippen molar-refractivity contribution >= 4 is 28.5 Å². The Morgan fingerprint density at radius 3 is 2.50 bits per heavy atom. The first-order chi connectivity index (χ1) is 21.4. The Hall–Kier alpha value is -4.38. The summed E-state index contributed by atoms with van der Waals surface area (Å²) in [6.45, 7) is 8.01. The van der Waals surface area contributed by atoms with Crippen molar-refractivity contribution < 1.29 is 14.7 Å². The molecule has 0 bridgehead atoms. The number of pyridine rings is 1. The quantitative estimate of drug-likeness (QED) is 0.353. The zero-order valence-electron chi connectivity index (χ0n) is 25.1. The first-order valence-corrected chi connectivity index (χ1v) is 15.7. The van der Waals surface area contributed by atoms with Crippen LogP contribution in [0.3, 0.4) is 0 Å². The van der Waals surface area contributed by atoms with Crippen LogP contribution in [-0.2, 0) is 17.8 Å². The molecule has 44 heavy (non-hydrogen) atoms. The van der Waals surface area contributed by atoms with E-state index in [0.29, 0.717) is 18.5 Å². The summed E-state index contributed by atoms with van der Waals surface area (Å²) in [5.41, 5.74) is 4.51. The van der Waals surface area contributed by atoms with Crippen LogP contribution in [0.2, 0.25) is 0 Å². The number of carboxylic acid groups (broad SMARTS) is 1. The third-order valence-corrected chi connectivity index (χ3v) is 9.70. The molecule has 3 aliphatic rings. The summed E-state index contributed by atoms with van der Waals surface area (Å²) < 4.78 is 2.31. The lowest BCUT2D eigenvalue weighted by molar-refractivity contribution is -0.129. The summed E-state index contributed by atoms with van der Waals surface area (Å²) >= 11 is 0. The largest absolute Gasteiger partial charge is 0.476 e. The highest BCUT2D eigenvalue weighted by molar-refractivity contribution is 5.96. The molecular weight excluding hydrogens is 556 g/mol. The number of hydrogen-bond donors (Lipinski definition) is 1. The van der Waals surface area contributed by atoms with Gasteiger partial charge in [-0.2, -0.15) is 5.10 Å². The van der Waals surface area contributed by atoms with Crippen molar-refractivity contribution in [2.75, 3.05) is 44.2 Å². The van der Waals surface area contributed by atoms with Gasteiger partial charge in [0.1, 0.15) is 0 Å². The van der Waals surface area contributed by atoms with Crippen molar-refractivity contribution in [2.45, 2.75) is 51.6 Å². The van der Waals surface area contributed by atoms with E-state index in [1.54, 1.807) is 13.0 Å². The van der Waals surface area contributed by atoms with E-state index < -0.39 is 5.97 Å². The molecule has 1 aromatic carbocycles. The summed E-state index contributed by atoms with van der Waals surface area (Å²) in [6, 6.07) is 12.0. The van der Waals surface area contributed by atoms with Gasteiger partial charge in [-0.25, -0.2) is 4.79 Å². The van der Waals surface area contributed by atoms with Crippen molar-refractivity contribution in [3.8, 4) is 11.3 Å². The number of amides is 1. The molecule has 2 saturated heterocycles. The van der Waals surface area contributed by atoms with Crippen LogP contribution in [0.15, 0.2) is 48.8 Å². The summed E-state index contributed by atoms with van der Waals surface area (Å²) in [6.07, 6.45) is 8.87. The van der Waals surface area contributed by atoms with Crippen LogP contribution in [0.1, 0.15) is 60.4 Å². The van der Waals surface area contributed by atoms with Gasteiger partial charge in [0, 0.05) is 93.8 Å². The van der Waals surface area contributed by atoms with Gasteiger partial charge in [-0.05, 0) is 55.2 Å².